The van der Waals surface area contributed by atoms with Crippen LogP contribution in [0.4, 0.5) is 0 Å². The fraction of sp³-hybridized carbons (Fsp3) is 0.647. The molecule has 1 saturated heterocycles. The number of nitrogens with one attached hydrogen (secondary N) is 1. The Morgan fingerprint density at radius 2 is 2.00 bits per heavy atom. The lowest BCUT2D eigenvalue weighted by molar-refractivity contribution is 0.311. The summed E-state index contributed by atoms with van der Waals surface area (Å²) in [5.74, 6) is 1.35. The van der Waals surface area contributed by atoms with Crippen molar-refractivity contribution in [3.8, 4) is 0 Å². The first-order valence-electron chi connectivity index (χ1n) is 7.44. The first-order chi connectivity index (χ1) is 9.04. The quantitative estimate of drug-likeness (QED) is 0.841. The molecule has 1 fully saturated rings. The van der Waals surface area contributed by atoms with Crippen LogP contribution in [0.5, 0.6) is 0 Å². The van der Waals surface area contributed by atoms with E-state index in [1.54, 1.807) is 0 Å². The monoisotopic (exact) mass is 277 g/mol. The van der Waals surface area contributed by atoms with E-state index < -0.39 is 0 Å². The molecule has 2 heteroatoms. The van der Waals surface area contributed by atoms with Crippen molar-refractivity contribution in [2.24, 2.45) is 5.41 Å². The Bertz CT molecular complexity index is 363. The van der Waals surface area contributed by atoms with E-state index in [4.69, 9.17) is 0 Å². The van der Waals surface area contributed by atoms with E-state index in [0.29, 0.717) is 11.5 Å². The maximum Gasteiger partial charge on any atom is 0.0325 e. The van der Waals surface area contributed by atoms with Gasteiger partial charge in [0, 0.05) is 17.8 Å². The summed E-state index contributed by atoms with van der Waals surface area (Å²) in [6.45, 7) is 8.14. The molecule has 2 rings (SSSR count). The van der Waals surface area contributed by atoms with Crippen LogP contribution < -0.4 is 5.32 Å². The second-order valence-electron chi connectivity index (χ2n) is 6.77. The minimum atomic E-state index is 0.357. The second-order valence-corrected chi connectivity index (χ2v) is 8.18. The molecule has 19 heavy (non-hydrogen) atoms. The van der Waals surface area contributed by atoms with Gasteiger partial charge in [0.25, 0.3) is 0 Å². The molecule has 0 radical (unpaired) electrons. The Morgan fingerprint density at radius 3 is 2.58 bits per heavy atom. The van der Waals surface area contributed by atoms with Crippen LogP contribution in [0.15, 0.2) is 30.3 Å². The number of rotatable bonds is 5. The standard InChI is InChI=1S/C17H27NS/c1-17(2,3)12-16(14-8-5-4-6-9-14)18-13-15-10-7-11-19-15/h4-6,8-9,15-16,18H,7,10-13H2,1-3H3. The Balaban J connectivity index is 1.97. The van der Waals surface area contributed by atoms with Crippen molar-refractivity contribution in [2.45, 2.75) is 51.3 Å². The van der Waals surface area contributed by atoms with Gasteiger partial charge < -0.3 is 5.32 Å². The number of benzene rings is 1. The van der Waals surface area contributed by atoms with E-state index in [2.05, 4.69) is 68.2 Å². The number of hydrogen-bond donors (Lipinski definition) is 1. The second kappa shape index (κ2) is 6.81. The lowest BCUT2D eigenvalue weighted by Crippen LogP contribution is -2.30. The van der Waals surface area contributed by atoms with E-state index in [1.165, 1.54) is 30.6 Å². The molecule has 1 aromatic rings. The molecule has 1 aliphatic rings. The fourth-order valence-electron chi connectivity index (χ4n) is 2.68. The zero-order valence-corrected chi connectivity index (χ0v) is 13.3. The summed E-state index contributed by atoms with van der Waals surface area (Å²) in [5.41, 5.74) is 1.79. The van der Waals surface area contributed by atoms with Gasteiger partial charge in [-0.2, -0.15) is 11.8 Å². The summed E-state index contributed by atoms with van der Waals surface area (Å²) in [4.78, 5) is 0. The zero-order valence-electron chi connectivity index (χ0n) is 12.5. The number of thioether (sulfide) groups is 1. The van der Waals surface area contributed by atoms with Crippen LogP contribution in [0.3, 0.4) is 0 Å². The lowest BCUT2D eigenvalue weighted by Gasteiger charge is -2.28. The predicted octanol–water partition coefficient (Wildman–Crippen LogP) is 4.65. The van der Waals surface area contributed by atoms with Gasteiger partial charge in [-0.3, -0.25) is 0 Å². The van der Waals surface area contributed by atoms with E-state index >= 15 is 0 Å². The Morgan fingerprint density at radius 1 is 1.26 bits per heavy atom. The molecule has 0 spiro atoms. The third-order valence-corrected chi connectivity index (χ3v) is 5.03. The topological polar surface area (TPSA) is 12.0 Å². The fourth-order valence-corrected chi connectivity index (χ4v) is 3.90. The van der Waals surface area contributed by atoms with Crippen LogP contribution in [0.1, 0.15) is 51.6 Å². The molecular formula is C17H27NS. The Labute approximate surface area is 122 Å². The van der Waals surface area contributed by atoms with Gasteiger partial charge in [0.1, 0.15) is 0 Å². The highest BCUT2D eigenvalue weighted by Crippen LogP contribution is 2.31. The summed E-state index contributed by atoms with van der Waals surface area (Å²) in [7, 11) is 0. The van der Waals surface area contributed by atoms with Gasteiger partial charge in [-0.1, -0.05) is 51.1 Å². The smallest absolute Gasteiger partial charge is 0.0325 e. The molecule has 1 nitrogen and oxygen atoms in total. The van der Waals surface area contributed by atoms with Crippen molar-refractivity contribution in [1.82, 2.24) is 5.32 Å². The minimum absolute atomic E-state index is 0.357. The van der Waals surface area contributed by atoms with Gasteiger partial charge in [-0.15, -0.1) is 0 Å². The summed E-state index contributed by atoms with van der Waals surface area (Å²) >= 11 is 2.14. The maximum atomic E-state index is 3.81. The normalized spacial score (nSPS) is 21.5. The van der Waals surface area contributed by atoms with Gasteiger partial charge in [-0.25, -0.2) is 0 Å². The van der Waals surface area contributed by atoms with E-state index in [1.807, 2.05) is 0 Å². The van der Waals surface area contributed by atoms with Gasteiger partial charge in [0.15, 0.2) is 0 Å². The molecule has 0 bridgehead atoms. The summed E-state index contributed by atoms with van der Waals surface area (Å²) in [5, 5.41) is 4.64. The summed E-state index contributed by atoms with van der Waals surface area (Å²) in [6, 6.07) is 11.4. The molecular weight excluding hydrogens is 250 g/mol. The van der Waals surface area contributed by atoms with Crippen LogP contribution >= 0.6 is 11.8 Å². The highest BCUT2D eigenvalue weighted by molar-refractivity contribution is 8.00. The number of hydrogen-bond acceptors (Lipinski definition) is 2. The van der Waals surface area contributed by atoms with Crippen molar-refractivity contribution in [3.63, 3.8) is 0 Å². The van der Waals surface area contributed by atoms with Crippen molar-refractivity contribution in [3.05, 3.63) is 35.9 Å². The predicted molar refractivity (Wildman–Crippen MR) is 86.7 cm³/mol. The van der Waals surface area contributed by atoms with Crippen LogP contribution in [0.25, 0.3) is 0 Å². The summed E-state index contributed by atoms with van der Waals surface area (Å²) in [6.07, 6.45) is 3.97. The highest BCUT2D eigenvalue weighted by Gasteiger charge is 2.22. The van der Waals surface area contributed by atoms with Crippen LogP contribution in [0, 0.1) is 5.41 Å². The zero-order chi connectivity index (χ0) is 13.7. The molecule has 0 amide bonds. The minimum Gasteiger partial charge on any atom is -0.309 e. The van der Waals surface area contributed by atoms with Gasteiger partial charge >= 0.3 is 0 Å². The summed E-state index contributed by atoms with van der Waals surface area (Å²) < 4.78 is 0. The van der Waals surface area contributed by atoms with Crippen LogP contribution in [0.2, 0.25) is 0 Å². The van der Waals surface area contributed by atoms with Crippen LogP contribution in [-0.4, -0.2) is 17.5 Å². The molecule has 1 aliphatic heterocycles. The van der Waals surface area contributed by atoms with E-state index in [0.717, 1.165) is 11.8 Å². The molecule has 0 aromatic heterocycles. The molecule has 1 aromatic carbocycles. The molecule has 2 atom stereocenters. The largest absolute Gasteiger partial charge is 0.309 e. The maximum absolute atomic E-state index is 3.81. The Hall–Kier alpha value is -0.470. The molecule has 1 heterocycles. The molecule has 106 valence electrons. The average Bonchev–Trinajstić information content (AvgIpc) is 2.87. The van der Waals surface area contributed by atoms with Crippen molar-refractivity contribution in [1.29, 1.82) is 0 Å². The molecule has 0 aliphatic carbocycles. The average molecular weight is 277 g/mol. The van der Waals surface area contributed by atoms with Gasteiger partial charge in [-0.05, 0) is 36.0 Å². The first-order valence-corrected chi connectivity index (χ1v) is 8.49. The van der Waals surface area contributed by atoms with Crippen molar-refractivity contribution >= 4 is 11.8 Å². The van der Waals surface area contributed by atoms with Gasteiger partial charge in [0.2, 0.25) is 0 Å². The lowest BCUT2D eigenvalue weighted by atomic mass is 9.85. The highest BCUT2D eigenvalue weighted by atomic mass is 32.2. The van der Waals surface area contributed by atoms with E-state index in [-0.39, 0.29) is 0 Å². The SMILES string of the molecule is CC(C)(C)CC(NCC1CCCS1)c1ccccc1. The van der Waals surface area contributed by atoms with Crippen molar-refractivity contribution < 1.29 is 0 Å². The van der Waals surface area contributed by atoms with Gasteiger partial charge in [0.05, 0.1) is 0 Å². The molecule has 2 unspecified atom stereocenters. The third-order valence-electron chi connectivity index (χ3n) is 3.63. The third kappa shape index (κ3) is 5.19. The molecule has 0 saturated carbocycles. The van der Waals surface area contributed by atoms with Crippen molar-refractivity contribution in [2.75, 3.05) is 12.3 Å². The first kappa shape index (κ1) is 14.9. The van der Waals surface area contributed by atoms with E-state index in [9.17, 15) is 0 Å². The van der Waals surface area contributed by atoms with Crippen LogP contribution in [-0.2, 0) is 0 Å². The molecule has 1 N–H and O–H groups in total. The Kier molecular flexibility index (Phi) is 5.35.